The number of nitrogens with zero attached hydrogens (tertiary/aromatic N) is 2. The van der Waals surface area contributed by atoms with E-state index in [1.165, 1.54) is 25.7 Å². The zero-order valence-electron chi connectivity index (χ0n) is 12.6. The van der Waals surface area contributed by atoms with Gasteiger partial charge in [0.25, 0.3) is 5.91 Å². The second kappa shape index (κ2) is 6.41. The van der Waals surface area contributed by atoms with Gasteiger partial charge in [-0.15, -0.1) is 10.2 Å². The molecule has 1 heterocycles. The van der Waals surface area contributed by atoms with Crippen LogP contribution in [0.15, 0.2) is 12.1 Å². The molecule has 3 rings (SSSR count). The molecule has 5 nitrogen and oxygen atoms in total. The van der Waals surface area contributed by atoms with Crippen molar-refractivity contribution in [2.24, 2.45) is 17.8 Å². The van der Waals surface area contributed by atoms with E-state index in [9.17, 15) is 4.79 Å². The fourth-order valence-corrected chi connectivity index (χ4v) is 2.87. The summed E-state index contributed by atoms with van der Waals surface area (Å²) in [4.78, 5) is 12.1. The van der Waals surface area contributed by atoms with Gasteiger partial charge in [-0.25, -0.2) is 0 Å². The number of hydrogen-bond acceptors (Lipinski definition) is 4. The van der Waals surface area contributed by atoms with E-state index in [0.29, 0.717) is 11.6 Å². The molecule has 1 aromatic rings. The summed E-state index contributed by atoms with van der Waals surface area (Å²) in [5.41, 5.74) is 0.405. The van der Waals surface area contributed by atoms with Gasteiger partial charge in [0.2, 0.25) is 0 Å². The number of anilines is 1. The molecule has 0 radical (unpaired) electrons. The first-order valence-corrected chi connectivity index (χ1v) is 8.13. The monoisotopic (exact) mass is 288 g/mol. The van der Waals surface area contributed by atoms with Gasteiger partial charge in [-0.1, -0.05) is 6.92 Å². The van der Waals surface area contributed by atoms with Crippen molar-refractivity contribution in [1.29, 1.82) is 0 Å². The zero-order valence-corrected chi connectivity index (χ0v) is 12.6. The molecule has 2 aliphatic rings. The molecule has 2 fully saturated rings. The predicted molar refractivity (Wildman–Crippen MR) is 82.1 cm³/mol. The van der Waals surface area contributed by atoms with Crippen LogP contribution in [0.4, 0.5) is 5.82 Å². The molecule has 0 unspecified atom stereocenters. The number of carbonyl (C=O) groups excluding carboxylic acids is 1. The normalized spacial score (nSPS) is 17.8. The molecule has 0 aliphatic heterocycles. The Morgan fingerprint density at radius 1 is 1.24 bits per heavy atom. The quantitative estimate of drug-likeness (QED) is 0.771. The summed E-state index contributed by atoms with van der Waals surface area (Å²) >= 11 is 0. The molecular formula is C16H24N4O. The molecule has 114 valence electrons. The Bertz CT molecular complexity index is 468. The number of amides is 1. The van der Waals surface area contributed by atoms with Crippen LogP contribution < -0.4 is 10.6 Å². The van der Waals surface area contributed by atoms with Crippen molar-refractivity contribution in [2.45, 2.75) is 39.0 Å². The maximum Gasteiger partial charge on any atom is 0.271 e. The second-order valence-corrected chi connectivity index (χ2v) is 6.28. The van der Waals surface area contributed by atoms with E-state index in [4.69, 9.17) is 0 Å². The molecule has 0 saturated heterocycles. The van der Waals surface area contributed by atoms with E-state index in [0.717, 1.165) is 37.2 Å². The Morgan fingerprint density at radius 2 is 1.95 bits per heavy atom. The molecule has 2 aliphatic carbocycles. The Labute approximate surface area is 125 Å². The minimum atomic E-state index is -0.101. The summed E-state index contributed by atoms with van der Waals surface area (Å²) in [6, 6.07) is 3.56. The molecular weight excluding hydrogens is 264 g/mol. The highest BCUT2D eigenvalue weighted by Crippen LogP contribution is 2.48. The van der Waals surface area contributed by atoms with Crippen molar-refractivity contribution in [3.05, 3.63) is 17.8 Å². The topological polar surface area (TPSA) is 66.9 Å². The lowest BCUT2D eigenvalue weighted by Gasteiger charge is -2.15. The summed E-state index contributed by atoms with van der Waals surface area (Å²) in [5, 5.41) is 14.2. The van der Waals surface area contributed by atoms with Crippen LogP contribution in [0.25, 0.3) is 0 Å². The van der Waals surface area contributed by atoms with Crippen molar-refractivity contribution in [1.82, 2.24) is 15.5 Å². The van der Waals surface area contributed by atoms with Crippen LogP contribution in [0.1, 0.15) is 49.5 Å². The Morgan fingerprint density at radius 3 is 2.48 bits per heavy atom. The molecule has 2 saturated carbocycles. The number of nitrogens with one attached hydrogen (secondary N) is 2. The molecule has 0 atom stereocenters. The SMILES string of the molecule is CCCNc1ccc(C(=O)NCC(C2CC2)C2CC2)nn1. The van der Waals surface area contributed by atoms with Gasteiger partial charge < -0.3 is 10.6 Å². The van der Waals surface area contributed by atoms with Crippen molar-refractivity contribution in [2.75, 3.05) is 18.4 Å². The summed E-state index contributed by atoms with van der Waals surface area (Å²) in [6.45, 7) is 3.76. The molecule has 0 spiro atoms. The zero-order chi connectivity index (χ0) is 14.7. The van der Waals surface area contributed by atoms with E-state index in [1.54, 1.807) is 6.07 Å². The third-order valence-electron chi connectivity index (χ3n) is 4.41. The minimum absolute atomic E-state index is 0.101. The molecule has 0 bridgehead atoms. The maximum absolute atomic E-state index is 12.1. The third-order valence-corrected chi connectivity index (χ3v) is 4.41. The van der Waals surface area contributed by atoms with Crippen molar-refractivity contribution >= 4 is 11.7 Å². The average molecular weight is 288 g/mol. The van der Waals surface area contributed by atoms with E-state index in [2.05, 4.69) is 27.8 Å². The lowest BCUT2D eigenvalue weighted by molar-refractivity contribution is 0.0937. The van der Waals surface area contributed by atoms with Gasteiger partial charge in [0.15, 0.2) is 5.69 Å². The predicted octanol–water partition coefficient (Wildman–Crippen LogP) is 2.46. The first-order valence-electron chi connectivity index (χ1n) is 8.13. The van der Waals surface area contributed by atoms with Gasteiger partial charge in [-0.05, 0) is 62.0 Å². The van der Waals surface area contributed by atoms with Gasteiger partial charge >= 0.3 is 0 Å². The first kappa shape index (κ1) is 14.3. The number of carbonyl (C=O) groups is 1. The molecule has 0 aromatic carbocycles. The highest BCUT2D eigenvalue weighted by atomic mass is 16.1. The van der Waals surface area contributed by atoms with Gasteiger partial charge in [0.05, 0.1) is 0 Å². The summed E-state index contributed by atoms with van der Waals surface area (Å²) in [5.74, 6) is 3.01. The number of hydrogen-bond donors (Lipinski definition) is 2. The summed E-state index contributed by atoms with van der Waals surface area (Å²) < 4.78 is 0. The van der Waals surface area contributed by atoms with E-state index < -0.39 is 0 Å². The van der Waals surface area contributed by atoms with Crippen LogP contribution in [0.2, 0.25) is 0 Å². The Kier molecular flexibility index (Phi) is 4.36. The van der Waals surface area contributed by atoms with Crippen LogP contribution in [0, 0.1) is 17.8 Å². The van der Waals surface area contributed by atoms with Gasteiger partial charge in [0, 0.05) is 13.1 Å². The number of aromatic nitrogens is 2. The van der Waals surface area contributed by atoms with Crippen LogP contribution >= 0.6 is 0 Å². The number of rotatable bonds is 8. The highest BCUT2D eigenvalue weighted by Gasteiger charge is 2.41. The van der Waals surface area contributed by atoms with E-state index in [-0.39, 0.29) is 5.91 Å². The lowest BCUT2D eigenvalue weighted by Crippen LogP contribution is -2.31. The minimum Gasteiger partial charge on any atom is -0.369 e. The van der Waals surface area contributed by atoms with E-state index >= 15 is 0 Å². The molecule has 21 heavy (non-hydrogen) atoms. The molecule has 1 amide bonds. The summed E-state index contributed by atoms with van der Waals surface area (Å²) in [6.07, 6.45) is 6.40. The molecule has 5 heteroatoms. The Hall–Kier alpha value is -1.65. The third kappa shape index (κ3) is 3.93. The standard InChI is InChI=1S/C16H24N4O/c1-2-9-17-15-8-7-14(19-20-15)16(21)18-10-13(11-3-4-11)12-5-6-12/h7-8,11-13H,2-6,9-10H2,1H3,(H,17,20)(H,18,21). The van der Waals surface area contributed by atoms with Crippen LogP contribution in [0.5, 0.6) is 0 Å². The van der Waals surface area contributed by atoms with Crippen LogP contribution in [0.3, 0.4) is 0 Å². The smallest absolute Gasteiger partial charge is 0.271 e. The molecule has 1 aromatic heterocycles. The van der Waals surface area contributed by atoms with Crippen molar-refractivity contribution in [3.63, 3.8) is 0 Å². The second-order valence-electron chi connectivity index (χ2n) is 6.28. The average Bonchev–Trinajstić information content (AvgIpc) is 3.38. The fourth-order valence-electron chi connectivity index (χ4n) is 2.87. The lowest BCUT2D eigenvalue weighted by atomic mass is 9.98. The maximum atomic E-state index is 12.1. The van der Waals surface area contributed by atoms with Gasteiger partial charge in [-0.2, -0.15) is 0 Å². The van der Waals surface area contributed by atoms with Crippen LogP contribution in [-0.2, 0) is 0 Å². The molecule has 2 N–H and O–H groups in total. The van der Waals surface area contributed by atoms with Crippen molar-refractivity contribution < 1.29 is 4.79 Å². The van der Waals surface area contributed by atoms with E-state index in [1.807, 2.05) is 6.07 Å². The first-order chi connectivity index (χ1) is 10.3. The van der Waals surface area contributed by atoms with Crippen LogP contribution in [-0.4, -0.2) is 29.2 Å². The largest absolute Gasteiger partial charge is 0.369 e. The summed E-state index contributed by atoms with van der Waals surface area (Å²) in [7, 11) is 0. The van der Waals surface area contributed by atoms with Gasteiger partial charge in [0.1, 0.15) is 5.82 Å². The fraction of sp³-hybridized carbons (Fsp3) is 0.688. The van der Waals surface area contributed by atoms with Crippen molar-refractivity contribution in [3.8, 4) is 0 Å². The van der Waals surface area contributed by atoms with Gasteiger partial charge in [-0.3, -0.25) is 4.79 Å². The Balaban J connectivity index is 1.50. The highest BCUT2D eigenvalue weighted by molar-refractivity contribution is 5.92.